The number of anilines is 1. The number of hydrogen-bond donors (Lipinski definition) is 1. The summed E-state index contributed by atoms with van der Waals surface area (Å²) in [5.41, 5.74) is 0. The zero-order chi connectivity index (χ0) is 15.0. The van der Waals surface area contributed by atoms with E-state index in [4.69, 9.17) is 11.6 Å². The monoisotopic (exact) mass is 324 g/mol. The molecule has 0 radical (unpaired) electrons. The first-order chi connectivity index (χ1) is 10.1. The lowest BCUT2D eigenvalue weighted by molar-refractivity contribution is -0.124. The summed E-state index contributed by atoms with van der Waals surface area (Å²) in [6, 6.07) is 2.09. The van der Waals surface area contributed by atoms with Crippen molar-refractivity contribution in [3.63, 3.8) is 0 Å². The predicted octanol–water partition coefficient (Wildman–Crippen LogP) is 2.62. The minimum Gasteiger partial charge on any atom is -0.359 e. The summed E-state index contributed by atoms with van der Waals surface area (Å²) in [5.74, 6) is 0.952. The molecule has 112 valence electrons. The molecule has 1 N–H and O–H groups in total. The first-order valence-corrected chi connectivity index (χ1v) is 8.18. The van der Waals surface area contributed by atoms with Crippen molar-refractivity contribution in [1.29, 1.82) is 0 Å². The second-order valence-electron chi connectivity index (χ2n) is 5.29. The van der Waals surface area contributed by atoms with Crippen molar-refractivity contribution in [1.82, 2.24) is 15.3 Å². The van der Waals surface area contributed by atoms with E-state index in [1.807, 2.05) is 6.92 Å². The number of carbonyl (C=O) groups is 1. The summed E-state index contributed by atoms with van der Waals surface area (Å²) in [4.78, 5) is 24.8. The van der Waals surface area contributed by atoms with Crippen LogP contribution in [0.4, 0.5) is 5.82 Å². The Labute approximate surface area is 132 Å². The van der Waals surface area contributed by atoms with Crippen LogP contribution in [0.25, 0.3) is 10.2 Å². The lowest BCUT2D eigenvalue weighted by Gasteiger charge is -2.33. The number of rotatable bonds is 2. The number of aromatic nitrogens is 2. The fourth-order valence-corrected chi connectivity index (χ4v) is 3.92. The third-order valence-corrected chi connectivity index (χ3v) is 4.92. The molecule has 1 aliphatic rings. The first kappa shape index (κ1) is 14.5. The van der Waals surface area contributed by atoms with E-state index in [0.29, 0.717) is 6.54 Å². The maximum absolute atomic E-state index is 11.9. The smallest absolute Gasteiger partial charge is 0.225 e. The second kappa shape index (κ2) is 5.77. The number of fused-ring (bicyclic) bond motifs is 1. The molecule has 0 bridgehead atoms. The Kier molecular flexibility index (Phi) is 3.99. The van der Waals surface area contributed by atoms with Crippen LogP contribution in [0.5, 0.6) is 0 Å². The highest BCUT2D eigenvalue weighted by atomic mass is 35.5. The van der Waals surface area contributed by atoms with Crippen LogP contribution in [-0.2, 0) is 4.79 Å². The third-order valence-electron chi connectivity index (χ3n) is 3.81. The fraction of sp³-hybridized carbons (Fsp3) is 0.500. The number of halogens is 1. The molecular formula is C14H17ClN4OS. The minimum absolute atomic E-state index is 0.00673. The van der Waals surface area contributed by atoms with Crippen molar-refractivity contribution in [2.75, 3.05) is 25.0 Å². The van der Waals surface area contributed by atoms with E-state index in [0.717, 1.165) is 35.4 Å². The van der Waals surface area contributed by atoms with Gasteiger partial charge in [0.1, 0.15) is 10.6 Å². The van der Waals surface area contributed by atoms with E-state index >= 15 is 0 Å². The van der Waals surface area contributed by atoms with Crippen LogP contribution in [0.3, 0.4) is 0 Å². The van der Waals surface area contributed by atoms with Crippen molar-refractivity contribution >= 4 is 44.9 Å². The molecule has 3 rings (SSSR count). The molecule has 2 aromatic heterocycles. The van der Waals surface area contributed by atoms with E-state index in [1.165, 1.54) is 4.88 Å². The Morgan fingerprint density at radius 2 is 2.33 bits per heavy atom. The van der Waals surface area contributed by atoms with Gasteiger partial charge in [0.05, 0.1) is 11.3 Å². The second-order valence-corrected chi connectivity index (χ2v) is 6.86. The van der Waals surface area contributed by atoms with Crippen LogP contribution < -0.4 is 10.2 Å². The van der Waals surface area contributed by atoms with Crippen LogP contribution >= 0.6 is 22.9 Å². The molecule has 1 unspecified atom stereocenters. The molecule has 7 heteroatoms. The zero-order valence-corrected chi connectivity index (χ0v) is 13.6. The van der Waals surface area contributed by atoms with Crippen molar-refractivity contribution < 1.29 is 4.79 Å². The van der Waals surface area contributed by atoms with Crippen LogP contribution in [0, 0.1) is 12.8 Å². The predicted molar refractivity (Wildman–Crippen MR) is 86.2 cm³/mol. The quantitative estimate of drug-likeness (QED) is 0.863. The van der Waals surface area contributed by atoms with Gasteiger partial charge in [-0.15, -0.1) is 11.3 Å². The average molecular weight is 325 g/mol. The molecule has 1 fully saturated rings. The highest BCUT2D eigenvalue weighted by Crippen LogP contribution is 2.33. The van der Waals surface area contributed by atoms with Crippen molar-refractivity contribution in [3.05, 3.63) is 16.2 Å². The molecule has 1 saturated heterocycles. The molecule has 1 aliphatic heterocycles. The van der Waals surface area contributed by atoms with E-state index in [2.05, 4.69) is 26.3 Å². The van der Waals surface area contributed by atoms with Crippen LogP contribution in [-0.4, -0.2) is 36.0 Å². The maximum atomic E-state index is 11.9. The molecule has 1 atom stereocenters. The molecule has 0 aromatic carbocycles. The Morgan fingerprint density at radius 1 is 1.52 bits per heavy atom. The van der Waals surface area contributed by atoms with Gasteiger partial charge >= 0.3 is 0 Å². The van der Waals surface area contributed by atoms with Crippen LogP contribution in [0.15, 0.2) is 6.07 Å². The highest BCUT2D eigenvalue weighted by molar-refractivity contribution is 7.18. The van der Waals surface area contributed by atoms with Gasteiger partial charge in [-0.2, -0.15) is 4.98 Å². The van der Waals surface area contributed by atoms with E-state index < -0.39 is 0 Å². The lowest BCUT2D eigenvalue weighted by Crippen LogP contribution is -2.42. The number of nitrogens with one attached hydrogen (secondary N) is 1. The standard InChI is InChI=1S/C14H17ClN4OS/c1-8-6-10-11(17-14(15)18-13(10)21-8)19-5-3-4-9(7-19)12(20)16-2/h6,9H,3-5,7H2,1-2H3,(H,16,20). The van der Waals surface area contributed by atoms with Gasteiger partial charge in [-0.1, -0.05) is 0 Å². The van der Waals surface area contributed by atoms with Gasteiger partial charge in [0.2, 0.25) is 11.2 Å². The fourth-order valence-electron chi connectivity index (χ4n) is 2.83. The van der Waals surface area contributed by atoms with Crippen molar-refractivity contribution in [3.8, 4) is 0 Å². The third kappa shape index (κ3) is 2.82. The summed E-state index contributed by atoms with van der Waals surface area (Å²) in [5, 5.41) is 4.03. The molecule has 21 heavy (non-hydrogen) atoms. The van der Waals surface area contributed by atoms with Gasteiger partial charge in [0.15, 0.2) is 0 Å². The molecule has 1 amide bonds. The maximum Gasteiger partial charge on any atom is 0.225 e. The van der Waals surface area contributed by atoms with Gasteiger partial charge in [0.25, 0.3) is 0 Å². The normalized spacial score (nSPS) is 19.0. The Balaban J connectivity index is 1.97. The van der Waals surface area contributed by atoms with Crippen LogP contribution in [0.2, 0.25) is 5.28 Å². The number of thiophene rings is 1. The summed E-state index contributed by atoms with van der Waals surface area (Å²) >= 11 is 7.67. The number of amides is 1. The van der Waals surface area contributed by atoms with E-state index in [1.54, 1.807) is 18.4 Å². The van der Waals surface area contributed by atoms with Crippen LogP contribution in [0.1, 0.15) is 17.7 Å². The van der Waals surface area contributed by atoms with Crippen molar-refractivity contribution in [2.24, 2.45) is 5.92 Å². The molecule has 2 aromatic rings. The summed E-state index contributed by atoms with van der Waals surface area (Å²) in [7, 11) is 1.68. The number of carbonyl (C=O) groups excluding carboxylic acids is 1. The van der Waals surface area contributed by atoms with Gasteiger partial charge in [-0.05, 0) is 37.4 Å². The van der Waals surface area contributed by atoms with E-state index in [-0.39, 0.29) is 17.1 Å². The molecule has 5 nitrogen and oxygen atoms in total. The largest absolute Gasteiger partial charge is 0.359 e. The molecule has 0 spiro atoms. The van der Waals surface area contributed by atoms with Gasteiger partial charge in [0, 0.05) is 25.0 Å². The Hall–Kier alpha value is -1.40. The SMILES string of the molecule is CNC(=O)C1CCCN(c2nc(Cl)nc3sc(C)cc23)C1. The lowest BCUT2D eigenvalue weighted by atomic mass is 9.97. The van der Waals surface area contributed by atoms with Gasteiger partial charge in [-0.25, -0.2) is 4.98 Å². The number of hydrogen-bond acceptors (Lipinski definition) is 5. The van der Waals surface area contributed by atoms with Gasteiger partial charge < -0.3 is 10.2 Å². The molecular weight excluding hydrogens is 308 g/mol. The molecule has 3 heterocycles. The average Bonchev–Trinajstić information content (AvgIpc) is 2.85. The Bertz CT molecular complexity index is 687. The summed E-state index contributed by atoms with van der Waals surface area (Å²) in [6.45, 7) is 3.62. The topological polar surface area (TPSA) is 58.1 Å². The molecule has 0 aliphatic carbocycles. The zero-order valence-electron chi connectivity index (χ0n) is 12.0. The minimum atomic E-state index is 0.00673. The molecule has 0 saturated carbocycles. The van der Waals surface area contributed by atoms with E-state index in [9.17, 15) is 4.79 Å². The number of piperidine rings is 1. The summed E-state index contributed by atoms with van der Waals surface area (Å²) in [6.07, 6.45) is 1.89. The summed E-state index contributed by atoms with van der Waals surface area (Å²) < 4.78 is 0. The number of aryl methyl sites for hydroxylation is 1. The number of nitrogens with zero attached hydrogens (tertiary/aromatic N) is 3. The Morgan fingerprint density at radius 3 is 3.10 bits per heavy atom. The van der Waals surface area contributed by atoms with Crippen molar-refractivity contribution in [2.45, 2.75) is 19.8 Å². The highest BCUT2D eigenvalue weighted by Gasteiger charge is 2.27. The van der Waals surface area contributed by atoms with Gasteiger partial charge in [-0.3, -0.25) is 4.79 Å². The first-order valence-electron chi connectivity index (χ1n) is 6.98.